The molecule has 1 aromatic heterocycles. The monoisotopic (exact) mass is 393 g/mol. The largest absolute Gasteiger partial charge is 0.394 e. The zero-order valence-corrected chi connectivity index (χ0v) is 15.9. The predicted molar refractivity (Wildman–Crippen MR) is 101 cm³/mol. The predicted octanol–water partition coefficient (Wildman–Crippen LogP) is 0.293. The van der Waals surface area contributed by atoms with Crippen molar-refractivity contribution in [1.29, 1.82) is 0 Å². The van der Waals surface area contributed by atoms with E-state index in [1.54, 1.807) is 5.38 Å². The van der Waals surface area contributed by atoms with Gasteiger partial charge in [-0.1, -0.05) is 12.1 Å². The second kappa shape index (κ2) is 8.32. The smallest absolute Gasteiger partial charge is 0.271 e. The first-order chi connectivity index (χ1) is 12.9. The summed E-state index contributed by atoms with van der Waals surface area (Å²) >= 11 is 1.17. The van der Waals surface area contributed by atoms with Crippen LogP contribution in [0.3, 0.4) is 0 Å². The topological polar surface area (TPSA) is 115 Å². The zero-order chi connectivity index (χ0) is 19.6. The average Bonchev–Trinajstić information content (AvgIpc) is 3.26. The van der Waals surface area contributed by atoms with Crippen molar-refractivity contribution < 1.29 is 24.9 Å². The Balaban J connectivity index is 1.63. The summed E-state index contributed by atoms with van der Waals surface area (Å²) in [4.78, 5) is 18.6. The number of carbonyl (C=O) groups excluding carboxylic acids is 1. The van der Waals surface area contributed by atoms with Gasteiger partial charge >= 0.3 is 0 Å². The minimum Gasteiger partial charge on any atom is -0.394 e. The number of rotatable bonds is 6. The number of benzene rings is 1. The summed E-state index contributed by atoms with van der Waals surface area (Å²) in [5.74, 6) is -0.334. The van der Waals surface area contributed by atoms with E-state index in [0.29, 0.717) is 11.6 Å². The molecule has 9 heteroatoms. The second-order valence-corrected chi connectivity index (χ2v) is 7.47. The summed E-state index contributed by atoms with van der Waals surface area (Å²) < 4.78 is 5.44. The Bertz CT molecular complexity index is 797. The van der Waals surface area contributed by atoms with E-state index in [9.17, 15) is 15.0 Å². The maximum Gasteiger partial charge on any atom is 0.271 e. The lowest BCUT2D eigenvalue weighted by Gasteiger charge is -2.13. The number of hydrogen-bond acceptors (Lipinski definition) is 8. The van der Waals surface area contributed by atoms with Crippen LogP contribution in [0.5, 0.6) is 0 Å². The van der Waals surface area contributed by atoms with Crippen LogP contribution >= 0.6 is 11.3 Å². The van der Waals surface area contributed by atoms with Crippen molar-refractivity contribution in [3.05, 3.63) is 45.9 Å². The Morgan fingerprint density at radius 3 is 2.78 bits per heavy atom. The van der Waals surface area contributed by atoms with E-state index in [1.807, 2.05) is 43.3 Å². The van der Waals surface area contributed by atoms with Gasteiger partial charge in [-0.05, 0) is 17.7 Å². The van der Waals surface area contributed by atoms with Crippen LogP contribution in [0.25, 0.3) is 0 Å². The van der Waals surface area contributed by atoms with Crippen LogP contribution < -0.4 is 10.2 Å². The van der Waals surface area contributed by atoms with Gasteiger partial charge in [0.05, 0.1) is 6.61 Å². The van der Waals surface area contributed by atoms with E-state index >= 15 is 0 Å². The number of aliphatic hydroxyl groups is 3. The van der Waals surface area contributed by atoms with Crippen molar-refractivity contribution >= 4 is 22.9 Å². The molecule has 1 saturated heterocycles. The molecular formula is C18H23N3O5S. The van der Waals surface area contributed by atoms with Crippen molar-refractivity contribution in [1.82, 2.24) is 10.3 Å². The lowest BCUT2D eigenvalue weighted by Crippen LogP contribution is -2.32. The SMILES string of the molecule is CN(C)c1cccc(CNC(=O)c2csc([C@@H]3O[C@H](CO)[C@@H](O)[C@H]3O)n2)c1. The summed E-state index contributed by atoms with van der Waals surface area (Å²) in [7, 11) is 3.90. The number of anilines is 1. The minimum absolute atomic E-state index is 0.219. The molecule has 3 rings (SSSR count). The van der Waals surface area contributed by atoms with Crippen molar-refractivity contribution in [2.45, 2.75) is 31.0 Å². The molecule has 146 valence electrons. The van der Waals surface area contributed by atoms with Crippen molar-refractivity contribution in [3.8, 4) is 0 Å². The van der Waals surface area contributed by atoms with Gasteiger partial charge in [-0.3, -0.25) is 4.79 Å². The molecule has 1 aliphatic rings. The fourth-order valence-electron chi connectivity index (χ4n) is 2.84. The number of amides is 1. The lowest BCUT2D eigenvalue weighted by atomic mass is 10.1. The molecule has 0 bridgehead atoms. The van der Waals surface area contributed by atoms with Crippen molar-refractivity contribution in [2.75, 3.05) is 25.6 Å². The van der Waals surface area contributed by atoms with E-state index in [4.69, 9.17) is 9.84 Å². The first-order valence-corrected chi connectivity index (χ1v) is 9.41. The highest BCUT2D eigenvalue weighted by molar-refractivity contribution is 7.09. The number of thiazole rings is 1. The van der Waals surface area contributed by atoms with Gasteiger partial charge in [0.25, 0.3) is 5.91 Å². The number of nitrogens with one attached hydrogen (secondary N) is 1. The molecule has 4 N–H and O–H groups in total. The molecule has 4 atom stereocenters. The highest BCUT2D eigenvalue weighted by atomic mass is 32.1. The summed E-state index contributed by atoms with van der Waals surface area (Å²) in [5.41, 5.74) is 2.23. The molecule has 8 nitrogen and oxygen atoms in total. The van der Waals surface area contributed by atoms with Crippen molar-refractivity contribution in [3.63, 3.8) is 0 Å². The van der Waals surface area contributed by atoms with Gasteiger partial charge in [0.15, 0.2) is 0 Å². The standard InChI is InChI=1S/C18H23N3O5S/c1-21(2)11-5-3-4-10(6-11)7-19-17(25)12-9-27-18(20-12)16-15(24)14(23)13(8-22)26-16/h3-6,9,13-16,22-24H,7-8H2,1-2H3,(H,19,25)/t13-,14-,15-,16-/m1/s1. The third-order valence-corrected chi connectivity index (χ3v) is 5.33. The Morgan fingerprint density at radius 2 is 2.11 bits per heavy atom. The lowest BCUT2D eigenvalue weighted by molar-refractivity contribution is -0.0228. The summed E-state index contributed by atoms with van der Waals surface area (Å²) in [5, 5.41) is 33.8. The Kier molecular flexibility index (Phi) is 6.08. The number of aromatic nitrogens is 1. The third-order valence-electron chi connectivity index (χ3n) is 4.42. The molecular weight excluding hydrogens is 370 g/mol. The highest BCUT2D eigenvalue weighted by Crippen LogP contribution is 2.34. The normalized spacial score (nSPS) is 24.8. The molecule has 0 aliphatic carbocycles. The fraction of sp³-hybridized carbons (Fsp3) is 0.444. The summed E-state index contributed by atoms with van der Waals surface area (Å²) in [6.45, 7) is -0.0410. The Labute approximate surface area is 161 Å². The average molecular weight is 393 g/mol. The van der Waals surface area contributed by atoms with Crippen LogP contribution in [0.15, 0.2) is 29.6 Å². The number of aliphatic hydroxyl groups excluding tert-OH is 3. The van der Waals surface area contributed by atoms with Crippen LogP contribution in [-0.4, -0.2) is 65.2 Å². The van der Waals surface area contributed by atoms with Gasteiger partial charge < -0.3 is 30.3 Å². The van der Waals surface area contributed by atoms with Crippen LogP contribution in [-0.2, 0) is 11.3 Å². The molecule has 1 aliphatic heterocycles. The molecule has 2 aromatic rings. The molecule has 27 heavy (non-hydrogen) atoms. The van der Waals surface area contributed by atoms with E-state index in [0.717, 1.165) is 11.3 Å². The summed E-state index contributed by atoms with van der Waals surface area (Å²) in [6.07, 6.45) is -4.11. The van der Waals surface area contributed by atoms with Gasteiger partial charge in [-0.2, -0.15) is 0 Å². The maximum atomic E-state index is 12.4. The molecule has 0 saturated carbocycles. The van der Waals surface area contributed by atoms with E-state index < -0.39 is 31.0 Å². The quantitative estimate of drug-likeness (QED) is 0.558. The van der Waals surface area contributed by atoms with Gasteiger partial charge in [-0.25, -0.2) is 4.98 Å². The van der Waals surface area contributed by atoms with E-state index in [-0.39, 0.29) is 11.6 Å². The third kappa shape index (κ3) is 4.28. The molecule has 0 unspecified atom stereocenters. The van der Waals surface area contributed by atoms with E-state index in [2.05, 4.69) is 10.3 Å². The minimum atomic E-state index is -1.20. The van der Waals surface area contributed by atoms with Crippen LogP contribution in [0.2, 0.25) is 0 Å². The maximum absolute atomic E-state index is 12.4. The molecule has 1 amide bonds. The molecule has 1 fully saturated rings. The molecule has 0 radical (unpaired) electrons. The van der Waals surface area contributed by atoms with Gasteiger partial charge in [-0.15, -0.1) is 11.3 Å². The molecule has 2 heterocycles. The van der Waals surface area contributed by atoms with Gasteiger partial charge in [0, 0.05) is 31.7 Å². The van der Waals surface area contributed by atoms with Gasteiger partial charge in [0.2, 0.25) is 0 Å². The second-order valence-electron chi connectivity index (χ2n) is 6.58. The van der Waals surface area contributed by atoms with Crippen molar-refractivity contribution in [2.24, 2.45) is 0 Å². The number of ether oxygens (including phenoxy) is 1. The van der Waals surface area contributed by atoms with Crippen LogP contribution in [0.4, 0.5) is 5.69 Å². The highest BCUT2D eigenvalue weighted by Gasteiger charge is 2.44. The number of nitrogens with zero attached hydrogens (tertiary/aromatic N) is 2. The van der Waals surface area contributed by atoms with E-state index in [1.165, 1.54) is 11.3 Å². The van der Waals surface area contributed by atoms with Crippen LogP contribution in [0.1, 0.15) is 27.2 Å². The van der Waals surface area contributed by atoms with Crippen LogP contribution in [0, 0.1) is 0 Å². The fourth-order valence-corrected chi connectivity index (χ4v) is 3.72. The number of carbonyl (C=O) groups is 1. The first-order valence-electron chi connectivity index (χ1n) is 8.53. The summed E-state index contributed by atoms with van der Waals surface area (Å²) in [6, 6.07) is 7.84. The Morgan fingerprint density at radius 1 is 1.33 bits per heavy atom. The molecule has 1 aromatic carbocycles. The first kappa shape index (κ1) is 19.7. The zero-order valence-electron chi connectivity index (χ0n) is 15.1. The molecule has 0 spiro atoms. The number of hydrogen-bond donors (Lipinski definition) is 4. The van der Waals surface area contributed by atoms with Gasteiger partial charge in [0.1, 0.15) is 35.1 Å². The Hall–Kier alpha value is -2.04.